The van der Waals surface area contributed by atoms with E-state index in [1.165, 1.54) is 4.90 Å². The first-order chi connectivity index (χ1) is 15.1. The molecule has 2 amide bonds. The van der Waals surface area contributed by atoms with Gasteiger partial charge in [0.25, 0.3) is 11.8 Å². The fourth-order valence-electron chi connectivity index (χ4n) is 4.38. The van der Waals surface area contributed by atoms with Crippen LogP contribution in [0.5, 0.6) is 0 Å². The van der Waals surface area contributed by atoms with Gasteiger partial charge in [-0.05, 0) is 37.1 Å². The first-order valence-corrected chi connectivity index (χ1v) is 10.6. The van der Waals surface area contributed by atoms with E-state index < -0.39 is 0 Å². The molecular weight excluding hydrogens is 392 g/mol. The van der Waals surface area contributed by atoms with Crippen LogP contribution < -0.4 is 11.1 Å². The van der Waals surface area contributed by atoms with E-state index in [-0.39, 0.29) is 23.8 Å². The molecule has 8 heteroatoms. The number of aromatic nitrogens is 2. The lowest BCUT2D eigenvalue weighted by Crippen LogP contribution is -2.44. The minimum atomic E-state index is -0.189. The Morgan fingerprint density at radius 1 is 0.903 bits per heavy atom. The highest BCUT2D eigenvalue weighted by molar-refractivity contribution is 6.21. The lowest BCUT2D eigenvalue weighted by Gasteiger charge is -2.33. The summed E-state index contributed by atoms with van der Waals surface area (Å²) in [6.07, 6.45) is 1.89. The molecule has 2 aliphatic rings. The van der Waals surface area contributed by atoms with Crippen molar-refractivity contribution in [2.45, 2.75) is 18.9 Å². The second kappa shape index (κ2) is 7.96. The highest BCUT2D eigenvalue weighted by Crippen LogP contribution is 2.25. The smallest absolute Gasteiger partial charge is 0.261 e. The van der Waals surface area contributed by atoms with Crippen LogP contribution in [0.4, 0.5) is 11.8 Å². The Bertz CT molecular complexity index is 1120. The van der Waals surface area contributed by atoms with Crippen molar-refractivity contribution >= 4 is 34.5 Å². The van der Waals surface area contributed by atoms with Crippen LogP contribution in [0.1, 0.15) is 33.6 Å². The van der Waals surface area contributed by atoms with Gasteiger partial charge < -0.3 is 16.0 Å². The number of imide groups is 1. The van der Waals surface area contributed by atoms with Gasteiger partial charge in [0.15, 0.2) is 0 Å². The molecule has 1 saturated heterocycles. The van der Waals surface area contributed by atoms with Gasteiger partial charge in [0.05, 0.1) is 16.6 Å². The number of fused-ring (bicyclic) bond motifs is 2. The monoisotopic (exact) mass is 416 g/mol. The molecule has 2 aromatic carbocycles. The normalized spacial score (nSPS) is 17.4. The number of likely N-dealkylation sites (tertiary alicyclic amines) is 1. The molecule has 0 radical (unpaired) electrons. The quantitative estimate of drug-likeness (QED) is 0.615. The Kier molecular flexibility index (Phi) is 4.99. The third-order valence-corrected chi connectivity index (χ3v) is 6.07. The van der Waals surface area contributed by atoms with Crippen molar-refractivity contribution in [3.8, 4) is 0 Å². The minimum Gasteiger partial charge on any atom is -0.368 e. The van der Waals surface area contributed by atoms with Crippen LogP contribution in [0.15, 0.2) is 48.5 Å². The van der Waals surface area contributed by atoms with Crippen LogP contribution in [0.2, 0.25) is 0 Å². The van der Waals surface area contributed by atoms with Gasteiger partial charge >= 0.3 is 0 Å². The lowest BCUT2D eigenvalue weighted by atomic mass is 10.0. The highest BCUT2D eigenvalue weighted by Gasteiger charge is 2.35. The third kappa shape index (κ3) is 3.70. The zero-order valence-electron chi connectivity index (χ0n) is 17.1. The van der Waals surface area contributed by atoms with E-state index in [9.17, 15) is 9.59 Å². The van der Waals surface area contributed by atoms with E-state index in [4.69, 9.17) is 5.73 Å². The number of hydrogen-bond donors (Lipinski definition) is 2. The number of nitrogens with zero attached hydrogens (tertiary/aromatic N) is 4. The SMILES string of the molecule is Nc1nc(NC2CCN(CCN3C(=O)c4ccccc4C3=O)CC2)c2ccccc2n1. The van der Waals surface area contributed by atoms with Crippen LogP contribution in [0.3, 0.4) is 0 Å². The molecule has 3 N–H and O–H groups in total. The number of hydrogen-bond acceptors (Lipinski definition) is 7. The Morgan fingerprint density at radius 3 is 2.26 bits per heavy atom. The standard InChI is InChI=1S/C23H24N6O2/c24-23-26-19-8-4-3-7-18(19)20(27-23)25-15-9-11-28(12-10-15)13-14-29-21(30)16-5-1-2-6-17(16)22(29)31/h1-8,15H,9-14H2,(H3,24,25,26,27). The van der Waals surface area contributed by atoms with Crippen molar-refractivity contribution in [2.75, 3.05) is 37.2 Å². The molecule has 5 rings (SSSR count). The van der Waals surface area contributed by atoms with Gasteiger partial charge in [-0.1, -0.05) is 24.3 Å². The maximum absolute atomic E-state index is 12.5. The number of carbonyl (C=O) groups excluding carboxylic acids is 2. The average Bonchev–Trinajstić information content (AvgIpc) is 3.03. The van der Waals surface area contributed by atoms with E-state index >= 15 is 0 Å². The Balaban J connectivity index is 1.17. The van der Waals surface area contributed by atoms with Gasteiger partial charge in [0.1, 0.15) is 5.82 Å². The summed E-state index contributed by atoms with van der Waals surface area (Å²) in [4.78, 5) is 37.4. The summed E-state index contributed by atoms with van der Waals surface area (Å²) in [5.74, 6) is 0.655. The molecule has 31 heavy (non-hydrogen) atoms. The predicted octanol–water partition coefficient (Wildman–Crippen LogP) is 2.38. The first kappa shape index (κ1) is 19.4. The van der Waals surface area contributed by atoms with E-state index in [2.05, 4.69) is 20.2 Å². The summed E-state index contributed by atoms with van der Waals surface area (Å²) in [7, 11) is 0. The summed E-state index contributed by atoms with van der Waals surface area (Å²) in [5, 5.41) is 4.49. The van der Waals surface area contributed by atoms with Crippen LogP contribution >= 0.6 is 0 Å². The van der Waals surface area contributed by atoms with Crippen molar-refractivity contribution < 1.29 is 9.59 Å². The largest absolute Gasteiger partial charge is 0.368 e. The number of para-hydroxylation sites is 1. The topological polar surface area (TPSA) is 104 Å². The van der Waals surface area contributed by atoms with Crippen molar-refractivity contribution in [1.29, 1.82) is 0 Å². The van der Waals surface area contributed by atoms with Crippen molar-refractivity contribution in [2.24, 2.45) is 0 Å². The molecule has 0 bridgehead atoms. The second-order valence-electron chi connectivity index (χ2n) is 8.02. The van der Waals surface area contributed by atoms with E-state index in [1.807, 2.05) is 24.3 Å². The Labute approximate surface area is 180 Å². The molecule has 0 spiro atoms. The van der Waals surface area contributed by atoms with Crippen molar-refractivity contribution in [1.82, 2.24) is 19.8 Å². The number of piperidine rings is 1. The van der Waals surface area contributed by atoms with Crippen molar-refractivity contribution in [3.63, 3.8) is 0 Å². The fourth-order valence-corrected chi connectivity index (χ4v) is 4.38. The van der Waals surface area contributed by atoms with Gasteiger partial charge in [-0.2, -0.15) is 4.98 Å². The number of rotatable bonds is 5. The Hall–Kier alpha value is -3.52. The summed E-state index contributed by atoms with van der Waals surface area (Å²) in [5.41, 5.74) is 7.72. The zero-order chi connectivity index (χ0) is 21.4. The Morgan fingerprint density at radius 2 is 1.55 bits per heavy atom. The number of carbonyl (C=O) groups is 2. The van der Waals surface area contributed by atoms with Crippen LogP contribution in [0, 0.1) is 0 Å². The van der Waals surface area contributed by atoms with Crippen molar-refractivity contribution in [3.05, 3.63) is 59.7 Å². The molecular formula is C23H24N6O2. The fraction of sp³-hybridized carbons (Fsp3) is 0.304. The van der Waals surface area contributed by atoms with Crippen LogP contribution in [-0.2, 0) is 0 Å². The number of nitrogen functional groups attached to an aromatic ring is 1. The summed E-state index contributed by atoms with van der Waals surface area (Å²) >= 11 is 0. The van der Waals surface area contributed by atoms with E-state index in [1.54, 1.807) is 24.3 Å². The predicted molar refractivity (Wildman–Crippen MR) is 119 cm³/mol. The summed E-state index contributed by atoms with van der Waals surface area (Å²) < 4.78 is 0. The molecule has 8 nitrogen and oxygen atoms in total. The third-order valence-electron chi connectivity index (χ3n) is 6.07. The van der Waals surface area contributed by atoms with Gasteiger partial charge in [0.2, 0.25) is 5.95 Å². The number of anilines is 2. The molecule has 158 valence electrons. The van der Waals surface area contributed by atoms with Crippen LogP contribution in [0.25, 0.3) is 10.9 Å². The van der Waals surface area contributed by atoms with Crippen LogP contribution in [-0.4, -0.2) is 63.8 Å². The number of nitrogens with one attached hydrogen (secondary N) is 1. The van der Waals surface area contributed by atoms with E-state index in [0.717, 1.165) is 42.7 Å². The summed E-state index contributed by atoms with van der Waals surface area (Å²) in [6, 6.07) is 15.1. The molecule has 3 aromatic rings. The molecule has 0 saturated carbocycles. The molecule has 0 atom stereocenters. The minimum absolute atomic E-state index is 0.189. The molecule has 1 aromatic heterocycles. The van der Waals surface area contributed by atoms with Gasteiger partial charge in [-0.15, -0.1) is 0 Å². The van der Waals surface area contributed by atoms with E-state index in [0.29, 0.717) is 24.2 Å². The zero-order valence-corrected chi connectivity index (χ0v) is 17.1. The first-order valence-electron chi connectivity index (χ1n) is 10.6. The number of nitrogens with two attached hydrogens (primary N) is 1. The maximum Gasteiger partial charge on any atom is 0.261 e. The number of amides is 2. The second-order valence-corrected chi connectivity index (χ2v) is 8.02. The summed E-state index contributed by atoms with van der Waals surface area (Å²) in [6.45, 7) is 2.87. The van der Waals surface area contributed by atoms with Gasteiger partial charge in [-0.3, -0.25) is 14.5 Å². The molecule has 0 unspecified atom stereocenters. The average molecular weight is 416 g/mol. The molecule has 0 aliphatic carbocycles. The maximum atomic E-state index is 12.5. The lowest BCUT2D eigenvalue weighted by molar-refractivity contribution is 0.0630. The molecule has 3 heterocycles. The highest BCUT2D eigenvalue weighted by atomic mass is 16.2. The van der Waals surface area contributed by atoms with Gasteiger partial charge in [-0.25, -0.2) is 4.98 Å². The number of benzene rings is 2. The van der Waals surface area contributed by atoms with Gasteiger partial charge in [0, 0.05) is 37.6 Å². The molecule has 1 fully saturated rings. The molecule has 2 aliphatic heterocycles.